The third-order valence-electron chi connectivity index (χ3n) is 5.27. The van der Waals surface area contributed by atoms with Crippen molar-refractivity contribution in [2.24, 2.45) is 5.92 Å². The molecule has 2 aliphatic carbocycles. The van der Waals surface area contributed by atoms with Gasteiger partial charge in [-0.25, -0.2) is 8.42 Å². The molecule has 0 saturated carbocycles. The average molecular weight is 397 g/mol. The highest BCUT2D eigenvalue weighted by atomic mass is 32.2. The molecule has 3 aliphatic rings. The molecule has 144 valence electrons. The topological polar surface area (TPSA) is 80.8 Å². The molecule has 7 heteroatoms. The first kappa shape index (κ1) is 18.4. The van der Waals surface area contributed by atoms with E-state index in [1.807, 2.05) is 12.2 Å². The van der Waals surface area contributed by atoms with Crippen LogP contribution in [0.2, 0.25) is 0 Å². The Bertz CT molecular complexity index is 1060. The fraction of sp³-hybridized carbons (Fsp3) is 0.238. The lowest BCUT2D eigenvalue weighted by atomic mass is 9.80. The predicted molar refractivity (Wildman–Crippen MR) is 102 cm³/mol. The summed E-state index contributed by atoms with van der Waals surface area (Å²) in [5, 5.41) is 0. The number of benzene rings is 1. The molecule has 0 radical (unpaired) electrons. The molecule has 0 bridgehead atoms. The SMILES string of the molecule is COC1=CC=C(C2=CN(S(=O)(=O)c3ccccc3)C3C=CC(=O)C(=O)C23)CC1. The van der Waals surface area contributed by atoms with Gasteiger partial charge in [-0.15, -0.1) is 0 Å². The van der Waals surface area contributed by atoms with E-state index in [-0.39, 0.29) is 4.90 Å². The van der Waals surface area contributed by atoms with E-state index in [0.29, 0.717) is 18.4 Å². The molecule has 2 unspecified atom stereocenters. The first-order chi connectivity index (χ1) is 13.4. The fourth-order valence-electron chi connectivity index (χ4n) is 3.80. The number of Topliss-reactive ketones (excluding diaryl/α,β-unsaturated/α-hetero) is 1. The Morgan fingerprint density at radius 1 is 1.07 bits per heavy atom. The van der Waals surface area contributed by atoms with Gasteiger partial charge in [0.15, 0.2) is 0 Å². The standard InChI is InChI=1S/C21H19NO5S/c1-27-15-9-7-14(8-10-15)17-13-22(18-11-12-19(23)21(24)20(17)18)28(25,26)16-5-3-2-4-6-16/h2-7,9,11-13,18,20H,8,10H2,1H3. The molecule has 0 amide bonds. The van der Waals surface area contributed by atoms with Crippen molar-refractivity contribution < 1.29 is 22.7 Å². The van der Waals surface area contributed by atoms with E-state index >= 15 is 0 Å². The molecule has 0 saturated heterocycles. The van der Waals surface area contributed by atoms with Crippen molar-refractivity contribution in [2.45, 2.75) is 23.8 Å². The van der Waals surface area contributed by atoms with Gasteiger partial charge in [-0.3, -0.25) is 13.9 Å². The highest BCUT2D eigenvalue weighted by molar-refractivity contribution is 7.89. The lowest BCUT2D eigenvalue weighted by Crippen LogP contribution is -2.42. The van der Waals surface area contributed by atoms with Gasteiger partial charge in [-0.2, -0.15) is 0 Å². The van der Waals surface area contributed by atoms with Crippen LogP contribution in [-0.4, -0.2) is 37.4 Å². The van der Waals surface area contributed by atoms with Crippen LogP contribution in [0.3, 0.4) is 0 Å². The van der Waals surface area contributed by atoms with Crippen LogP contribution in [0.5, 0.6) is 0 Å². The van der Waals surface area contributed by atoms with Crippen LogP contribution in [0.4, 0.5) is 0 Å². The van der Waals surface area contributed by atoms with E-state index in [0.717, 1.165) is 11.3 Å². The predicted octanol–water partition coefficient (Wildman–Crippen LogP) is 2.52. The highest BCUT2D eigenvalue weighted by Crippen LogP contribution is 2.42. The van der Waals surface area contributed by atoms with Crippen LogP contribution < -0.4 is 0 Å². The zero-order chi connectivity index (χ0) is 19.9. The molecule has 1 aliphatic heterocycles. The quantitative estimate of drug-likeness (QED) is 0.730. The van der Waals surface area contributed by atoms with Crippen molar-refractivity contribution in [3.8, 4) is 0 Å². The van der Waals surface area contributed by atoms with Gasteiger partial charge in [-0.1, -0.05) is 30.4 Å². The molecular formula is C21H19NO5S. The molecule has 1 aromatic rings. The Morgan fingerprint density at radius 2 is 1.82 bits per heavy atom. The number of nitrogens with zero attached hydrogens (tertiary/aromatic N) is 1. The number of rotatable bonds is 4. The summed E-state index contributed by atoms with van der Waals surface area (Å²) in [6, 6.07) is 7.34. The molecule has 0 spiro atoms. The monoisotopic (exact) mass is 397 g/mol. The van der Waals surface area contributed by atoms with Gasteiger partial charge in [-0.05, 0) is 41.9 Å². The normalized spacial score (nSPS) is 24.5. The van der Waals surface area contributed by atoms with Crippen LogP contribution in [0.25, 0.3) is 0 Å². The maximum Gasteiger partial charge on any atom is 0.264 e. The smallest absolute Gasteiger partial charge is 0.264 e. The van der Waals surface area contributed by atoms with E-state index < -0.39 is 33.5 Å². The van der Waals surface area contributed by atoms with Crippen molar-refractivity contribution in [2.75, 3.05) is 7.11 Å². The minimum Gasteiger partial charge on any atom is -0.501 e. The minimum absolute atomic E-state index is 0.142. The number of carbonyl (C=O) groups is 2. The minimum atomic E-state index is -3.86. The number of ketones is 2. The Kier molecular flexibility index (Phi) is 4.55. The van der Waals surface area contributed by atoms with Gasteiger partial charge < -0.3 is 4.74 Å². The summed E-state index contributed by atoms with van der Waals surface area (Å²) in [4.78, 5) is 24.8. The third-order valence-corrected chi connectivity index (χ3v) is 7.04. The summed E-state index contributed by atoms with van der Waals surface area (Å²) in [7, 11) is -2.27. The summed E-state index contributed by atoms with van der Waals surface area (Å²) in [6.45, 7) is 0. The Balaban J connectivity index is 1.82. The van der Waals surface area contributed by atoms with Crippen molar-refractivity contribution in [3.05, 3.63) is 77.7 Å². The zero-order valence-corrected chi connectivity index (χ0v) is 16.1. The molecule has 28 heavy (non-hydrogen) atoms. The summed E-state index contributed by atoms with van der Waals surface area (Å²) in [5.41, 5.74) is 1.43. The van der Waals surface area contributed by atoms with Crippen molar-refractivity contribution in [1.82, 2.24) is 4.31 Å². The van der Waals surface area contributed by atoms with Crippen molar-refractivity contribution in [1.29, 1.82) is 0 Å². The van der Waals surface area contributed by atoms with Crippen LogP contribution in [0.15, 0.2) is 82.6 Å². The number of carbonyl (C=O) groups excluding carboxylic acids is 2. The molecule has 1 heterocycles. The van der Waals surface area contributed by atoms with Crippen LogP contribution in [0, 0.1) is 5.92 Å². The van der Waals surface area contributed by atoms with Crippen LogP contribution in [-0.2, 0) is 24.3 Å². The van der Waals surface area contributed by atoms with E-state index in [9.17, 15) is 18.0 Å². The number of allylic oxidation sites excluding steroid dienone is 5. The number of fused-ring (bicyclic) bond motifs is 1. The number of hydrogen-bond acceptors (Lipinski definition) is 5. The second kappa shape index (κ2) is 6.91. The second-order valence-corrected chi connectivity index (χ2v) is 8.66. The molecule has 1 aromatic carbocycles. The number of methoxy groups -OCH3 is 1. The number of sulfonamides is 1. The first-order valence-electron chi connectivity index (χ1n) is 8.94. The average Bonchev–Trinajstić information content (AvgIpc) is 3.12. The Hall–Kier alpha value is -2.93. The molecule has 0 fully saturated rings. The molecular weight excluding hydrogens is 378 g/mol. The molecule has 0 aromatic heterocycles. The molecule has 6 nitrogen and oxygen atoms in total. The highest BCUT2D eigenvalue weighted by Gasteiger charge is 2.47. The van der Waals surface area contributed by atoms with Gasteiger partial charge in [0.25, 0.3) is 10.0 Å². The first-order valence-corrected chi connectivity index (χ1v) is 10.4. The number of ether oxygens (including phenoxy) is 1. The summed E-state index contributed by atoms with van der Waals surface area (Å²) in [6.07, 6.45) is 9.10. The molecule has 2 atom stereocenters. The zero-order valence-electron chi connectivity index (χ0n) is 15.2. The number of hydrogen-bond donors (Lipinski definition) is 0. The van der Waals surface area contributed by atoms with Gasteiger partial charge in [0.05, 0.1) is 29.7 Å². The van der Waals surface area contributed by atoms with Crippen molar-refractivity contribution >= 4 is 21.6 Å². The maximum absolute atomic E-state index is 13.2. The summed E-state index contributed by atoms with van der Waals surface area (Å²) in [5.74, 6) is -1.18. The fourth-order valence-corrected chi connectivity index (χ4v) is 5.31. The van der Waals surface area contributed by atoms with E-state index in [1.165, 1.54) is 34.8 Å². The molecule has 4 rings (SSSR count). The third kappa shape index (κ3) is 2.92. The van der Waals surface area contributed by atoms with E-state index in [4.69, 9.17) is 4.74 Å². The Labute approximate surface area is 163 Å². The van der Waals surface area contributed by atoms with Crippen LogP contribution >= 0.6 is 0 Å². The molecule has 0 N–H and O–H groups in total. The van der Waals surface area contributed by atoms with Gasteiger partial charge in [0, 0.05) is 12.6 Å². The second-order valence-electron chi connectivity index (χ2n) is 6.82. The Morgan fingerprint density at radius 3 is 2.46 bits per heavy atom. The van der Waals surface area contributed by atoms with Gasteiger partial charge in [0.2, 0.25) is 11.6 Å². The van der Waals surface area contributed by atoms with E-state index in [2.05, 4.69) is 0 Å². The lowest BCUT2D eigenvalue weighted by Gasteiger charge is -2.28. The maximum atomic E-state index is 13.2. The van der Waals surface area contributed by atoms with Crippen molar-refractivity contribution in [3.63, 3.8) is 0 Å². The summed E-state index contributed by atoms with van der Waals surface area (Å²) < 4.78 is 32.9. The van der Waals surface area contributed by atoms with E-state index in [1.54, 1.807) is 25.3 Å². The van der Waals surface area contributed by atoms with Gasteiger partial charge >= 0.3 is 0 Å². The largest absolute Gasteiger partial charge is 0.501 e. The lowest BCUT2D eigenvalue weighted by molar-refractivity contribution is -0.136. The van der Waals surface area contributed by atoms with Crippen LogP contribution in [0.1, 0.15) is 12.8 Å². The van der Waals surface area contributed by atoms with Gasteiger partial charge in [0.1, 0.15) is 0 Å². The summed E-state index contributed by atoms with van der Waals surface area (Å²) >= 11 is 0.